The Hall–Kier alpha value is -0.160. The lowest BCUT2D eigenvalue weighted by atomic mass is 10.0. The highest BCUT2D eigenvalue weighted by molar-refractivity contribution is 5.05. The van der Waals surface area contributed by atoms with Crippen LogP contribution in [0.25, 0.3) is 0 Å². The van der Waals surface area contributed by atoms with Gasteiger partial charge in [0, 0.05) is 12.1 Å². The van der Waals surface area contributed by atoms with E-state index >= 15 is 0 Å². The van der Waals surface area contributed by atoms with Gasteiger partial charge >= 0.3 is 0 Å². The van der Waals surface area contributed by atoms with E-state index in [0.29, 0.717) is 6.04 Å². The highest BCUT2D eigenvalue weighted by Gasteiger charge is 2.51. The van der Waals surface area contributed by atoms with Gasteiger partial charge in [-0.3, -0.25) is 4.90 Å². The molecule has 2 fully saturated rings. The maximum absolute atomic E-state index is 9.68. The third kappa shape index (κ3) is 1.21. The first-order valence-corrected chi connectivity index (χ1v) is 4.91. The van der Waals surface area contributed by atoms with Crippen molar-refractivity contribution in [2.75, 3.05) is 6.61 Å². The molecule has 0 amide bonds. The van der Waals surface area contributed by atoms with Gasteiger partial charge in [-0.15, -0.1) is 0 Å². The summed E-state index contributed by atoms with van der Waals surface area (Å²) in [6.45, 7) is 2.01. The molecule has 3 N–H and O–H groups in total. The predicted octanol–water partition coefficient (Wildman–Crippen LogP) is -1.06. The van der Waals surface area contributed by atoms with Crippen molar-refractivity contribution in [1.29, 1.82) is 0 Å². The topological polar surface area (TPSA) is 63.9 Å². The third-order valence-electron chi connectivity index (χ3n) is 3.48. The quantitative estimate of drug-likeness (QED) is 0.489. The lowest BCUT2D eigenvalue weighted by Gasteiger charge is -2.27. The number of aliphatic hydroxyl groups is 3. The van der Waals surface area contributed by atoms with Gasteiger partial charge in [-0.25, -0.2) is 0 Å². The molecule has 0 saturated carbocycles. The van der Waals surface area contributed by atoms with Crippen LogP contribution in [0.1, 0.15) is 19.8 Å². The summed E-state index contributed by atoms with van der Waals surface area (Å²) in [5, 5.41) is 28.4. The molecule has 5 atom stereocenters. The van der Waals surface area contributed by atoms with Gasteiger partial charge < -0.3 is 15.3 Å². The van der Waals surface area contributed by atoms with Crippen molar-refractivity contribution < 1.29 is 15.3 Å². The van der Waals surface area contributed by atoms with Crippen LogP contribution in [0.3, 0.4) is 0 Å². The molecular formula is C9H17NO3. The first-order chi connectivity index (χ1) is 6.16. The van der Waals surface area contributed by atoms with Gasteiger partial charge in [0.05, 0.1) is 24.9 Å². The van der Waals surface area contributed by atoms with Crippen LogP contribution in [0.4, 0.5) is 0 Å². The van der Waals surface area contributed by atoms with Gasteiger partial charge in [-0.05, 0) is 19.8 Å². The molecule has 13 heavy (non-hydrogen) atoms. The van der Waals surface area contributed by atoms with Crippen molar-refractivity contribution in [2.24, 2.45) is 0 Å². The fourth-order valence-electron chi connectivity index (χ4n) is 2.79. The molecule has 2 saturated heterocycles. The van der Waals surface area contributed by atoms with Gasteiger partial charge in [-0.2, -0.15) is 0 Å². The Morgan fingerprint density at radius 3 is 2.54 bits per heavy atom. The van der Waals surface area contributed by atoms with Gasteiger partial charge in [0.1, 0.15) is 0 Å². The molecule has 0 bridgehead atoms. The molecule has 0 radical (unpaired) electrons. The van der Waals surface area contributed by atoms with Crippen LogP contribution in [0, 0.1) is 0 Å². The maximum atomic E-state index is 9.68. The largest absolute Gasteiger partial charge is 0.395 e. The average molecular weight is 187 g/mol. The molecule has 4 heteroatoms. The van der Waals surface area contributed by atoms with Gasteiger partial charge in [-0.1, -0.05) is 0 Å². The van der Waals surface area contributed by atoms with E-state index in [0.717, 1.165) is 12.8 Å². The zero-order chi connectivity index (χ0) is 9.59. The average Bonchev–Trinajstić information content (AvgIpc) is 2.58. The smallest absolute Gasteiger partial charge is 0.0991 e. The fraction of sp³-hybridized carbons (Fsp3) is 1.00. The van der Waals surface area contributed by atoms with Crippen LogP contribution in [-0.2, 0) is 0 Å². The highest BCUT2D eigenvalue weighted by atomic mass is 16.3. The predicted molar refractivity (Wildman–Crippen MR) is 47.2 cm³/mol. The molecule has 0 aromatic rings. The molecule has 76 valence electrons. The minimum atomic E-state index is -0.780. The second-order valence-corrected chi connectivity index (χ2v) is 4.17. The van der Waals surface area contributed by atoms with E-state index in [2.05, 4.69) is 11.8 Å². The second kappa shape index (κ2) is 3.20. The molecule has 2 heterocycles. The molecule has 0 unspecified atom stereocenters. The monoisotopic (exact) mass is 187 g/mol. The summed E-state index contributed by atoms with van der Waals surface area (Å²) in [6, 6.07) is 0.161. The van der Waals surface area contributed by atoms with Crippen LogP contribution in [0.15, 0.2) is 0 Å². The van der Waals surface area contributed by atoms with Crippen molar-refractivity contribution in [1.82, 2.24) is 4.90 Å². The summed E-state index contributed by atoms with van der Waals surface area (Å²) in [4.78, 5) is 2.06. The van der Waals surface area contributed by atoms with Crippen molar-refractivity contribution in [3.63, 3.8) is 0 Å². The molecular weight excluding hydrogens is 170 g/mol. The maximum Gasteiger partial charge on any atom is 0.0991 e. The van der Waals surface area contributed by atoms with E-state index in [-0.39, 0.29) is 18.7 Å². The Bertz CT molecular complexity index is 197. The Kier molecular flexibility index (Phi) is 2.32. The summed E-state index contributed by atoms with van der Waals surface area (Å²) in [7, 11) is 0. The third-order valence-corrected chi connectivity index (χ3v) is 3.48. The van der Waals surface area contributed by atoms with Gasteiger partial charge in [0.2, 0.25) is 0 Å². The number of rotatable bonds is 1. The van der Waals surface area contributed by atoms with Crippen LogP contribution >= 0.6 is 0 Å². The SMILES string of the molecule is C[C@@H]1CC[C@@H]2[C@H](O)[C@@H](O)[C@@H](CO)N12. The van der Waals surface area contributed by atoms with Crippen LogP contribution < -0.4 is 0 Å². The number of hydrogen-bond donors (Lipinski definition) is 3. The van der Waals surface area contributed by atoms with Crippen LogP contribution in [-0.4, -0.2) is 57.2 Å². The molecule has 0 aliphatic carbocycles. The van der Waals surface area contributed by atoms with Gasteiger partial charge in [0.25, 0.3) is 0 Å². The van der Waals surface area contributed by atoms with Crippen molar-refractivity contribution in [3.8, 4) is 0 Å². The van der Waals surface area contributed by atoms with E-state index in [1.165, 1.54) is 0 Å². The number of aliphatic hydroxyl groups excluding tert-OH is 3. The lowest BCUT2D eigenvalue weighted by molar-refractivity contribution is 0.0132. The van der Waals surface area contributed by atoms with Crippen LogP contribution in [0.5, 0.6) is 0 Å². The second-order valence-electron chi connectivity index (χ2n) is 4.17. The molecule has 0 aromatic carbocycles. The highest BCUT2D eigenvalue weighted by Crippen LogP contribution is 2.36. The normalized spacial score (nSPS) is 51.2. The number of nitrogens with zero attached hydrogens (tertiary/aromatic N) is 1. The van der Waals surface area contributed by atoms with E-state index in [1.807, 2.05) is 0 Å². The lowest BCUT2D eigenvalue weighted by Crippen LogP contribution is -2.42. The zero-order valence-electron chi connectivity index (χ0n) is 7.80. The van der Waals surface area contributed by atoms with Crippen molar-refractivity contribution in [3.05, 3.63) is 0 Å². The first kappa shape index (κ1) is 9.40. The number of fused-ring (bicyclic) bond motifs is 1. The van der Waals surface area contributed by atoms with E-state index in [4.69, 9.17) is 5.11 Å². The van der Waals surface area contributed by atoms with Crippen LogP contribution in [0.2, 0.25) is 0 Å². The molecule has 2 aliphatic rings. The van der Waals surface area contributed by atoms with E-state index in [9.17, 15) is 10.2 Å². The summed E-state index contributed by atoms with van der Waals surface area (Å²) < 4.78 is 0. The Labute approximate surface area is 77.8 Å². The summed E-state index contributed by atoms with van der Waals surface area (Å²) in [6.07, 6.45) is 0.515. The van der Waals surface area contributed by atoms with Gasteiger partial charge in [0.15, 0.2) is 0 Å². The molecule has 4 nitrogen and oxygen atoms in total. The summed E-state index contributed by atoms with van der Waals surface area (Å²) in [5.41, 5.74) is 0. The summed E-state index contributed by atoms with van der Waals surface area (Å²) in [5.74, 6) is 0. The molecule has 0 spiro atoms. The first-order valence-electron chi connectivity index (χ1n) is 4.91. The standard InChI is InChI=1S/C9H17NO3/c1-5-2-3-6-8(12)9(13)7(4-11)10(5)6/h5-9,11-13H,2-4H2,1H3/t5-,6-,7-,8+,9+/m1/s1. The van der Waals surface area contributed by atoms with Crippen molar-refractivity contribution in [2.45, 2.75) is 50.1 Å². The van der Waals surface area contributed by atoms with E-state index in [1.54, 1.807) is 0 Å². The minimum Gasteiger partial charge on any atom is -0.395 e. The Morgan fingerprint density at radius 2 is 1.92 bits per heavy atom. The molecule has 2 rings (SSSR count). The summed E-state index contributed by atoms with van der Waals surface area (Å²) >= 11 is 0. The molecule has 2 aliphatic heterocycles. The zero-order valence-corrected chi connectivity index (χ0v) is 7.80. The fourth-order valence-corrected chi connectivity index (χ4v) is 2.79. The number of hydrogen-bond acceptors (Lipinski definition) is 4. The van der Waals surface area contributed by atoms with Crippen molar-refractivity contribution >= 4 is 0 Å². The minimum absolute atomic E-state index is 0.0575. The Balaban J connectivity index is 2.20. The molecule has 0 aromatic heterocycles. The Morgan fingerprint density at radius 1 is 1.23 bits per heavy atom. The van der Waals surface area contributed by atoms with E-state index < -0.39 is 12.2 Å².